The van der Waals surface area contributed by atoms with Gasteiger partial charge < -0.3 is 0 Å². The van der Waals surface area contributed by atoms with Crippen LogP contribution in [0.4, 0.5) is 0 Å². The summed E-state index contributed by atoms with van der Waals surface area (Å²) in [5.41, 5.74) is 0. The van der Waals surface area contributed by atoms with E-state index in [4.69, 9.17) is 9.11 Å². The fourth-order valence-electron chi connectivity index (χ4n) is 0.325. The average molecular weight is 233 g/mol. The number of nitro groups is 1. The molecule has 0 amide bonds. The Labute approximate surface area is 72.3 Å². The van der Waals surface area contributed by atoms with Gasteiger partial charge in [-0.2, -0.15) is 16.8 Å². The van der Waals surface area contributed by atoms with Crippen LogP contribution in [0, 0.1) is 10.1 Å². The third kappa shape index (κ3) is 4.51. The summed E-state index contributed by atoms with van der Waals surface area (Å²) < 4.78 is 56.3. The maximum atomic E-state index is 10.1. The van der Waals surface area contributed by atoms with E-state index in [0.717, 1.165) is 0 Å². The van der Waals surface area contributed by atoms with Gasteiger partial charge in [-0.1, -0.05) is 0 Å². The Morgan fingerprint density at radius 1 is 1.23 bits per heavy atom. The average Bonchev–Trinajstić information content (AvgIpc) is 1.77. The molecule has 0 heterocycles. The van der Waals surface area contributed by atoms with Gasteiger partial charge in [0.05, 0.1) is 4.92 Å². The molecule has 0 rings (SSSR count). The van der Waals surface area contributed by atoms with Gasteiger partial charge in [0.1, 0.15) is 0 Å². The maximum absolute atomic E-state index is 10.1. The first-order valence-corrected chi connectivity index (χ1v) is 5.29. The van der Waals surface area contributed by atoms with Crippen LogP contribution in [-0.4, -0.2) is 30.9 Å². The van der Waals surface area contributed by atoms with E-state index in [1.54, 1.807) is 0 Å². The molecule has 0 fully saturated rings. The monoisotopic (exact) mass is 233 g/mol. The van der Waals surface area contributed by atoms with E-state index in [1.807, 2.05) is 0 Å². The lowest BCUT2D eigenvalue weighted by molar-refractivity contribution is -0.412. The predicted octanol–water partition coefficient (Wildman–Crippen LogP) is -1.16. The third-order valence-electron chi connectivity index (χ3n) is 0.694. The number of rotatable bonds is 3. The van der Waals surface area contributed by atoms with Gasteiger partial charge in [-0.25, -0.2) is 0 Å². The normalized spacial score (nSPS) is 14.2. The molecule has 9 nitrogen and oxygen atoms in total. The zero-order valence-corrected chi connectivity index (χ0v) is 7.32. The van der Waals surface area contributed by atoms with E-state index in [-0.39, 0.29) is 0 Å². The van der Waals surface area contributed by atoms with E-state index in [2.05, 4.69) is 0 Å². The Bertz CT molecular complexity index is 439. The highest BCUT2D eigenvalue weighted by Crippen LogP contribution is 2.06. The van der Waals surface area contributed by atoms with Crippen LogP contribution in [0.1, 0.15) is 0 Å². The molecule has 0 bridgehead atoms. The minimum absolute atomic E-state index is 0.581. The van der Waals surface area contributed by atoms with Crippen LogP contribution < -0.4 is 0 Å². The Morgan fingerprint density at radius 3 is 1.69 bits per heavy atom. The zero-order chi connectivity index (χ0) is 10.9. The lowest BCUT2D eigenvalue weighted by Crippen LogP contribution is -2.12. The van der Waals surface area contributed by atoms with Crippen LogP contribution in [-0.2, 0) is 20.2 Å². The molecule has 0 saturated carbocycles. The molecule has 2 N–H and O–H groups in total. The van der Waals surface area contributed by atoms with Crippen LogP contribution in [0.15, 0.2) is 10.4 Å². The topological polar surface area (TPSA) is 152 Å². The molecule has 76 valence electrons. The number of nitrogens with zero attached hydrogens (tertiary/aromatic N) is 1. The van der Waals surface area contributed by atoms with Gasteiger partial charge in [0.15, 0.2) is 5.41 Å². The smallest absolute Gasteiger partial charge is 0.282 e. The first-order valence-electron chi connectivity index (χ1n) is 2.35. The first-order chi connectivity index (χ1) is 5.54. The van der Waals surface area contributed by atoms with Crippen LogP contribution in [0.2, 0.25) is 0 Å². The van der Waals surface area contributed by atoms with Gasteiger partial charge >= 0.3 is 15.1 Å². The second-order valence-electron chi connectivity index (χ2n) is 1.70. The minimum atomic E-state index is -5.27. The van der Waals surface area contributed by atoms with Crippen molar-refractivity contribution in [3.05, 3.63) is 20.6 Å². The lowest BCUT2D eigenvalue weighted by atomic mass is 11.0. The van der Waals surface area contributed by atoms with Crippen molar-refractivity contribution in [3.63, 3.8) is 0 Å². The second-order valence-corrected chi connectivity index (χ2v) is 4.34. The Hall–Kier alpha value is -1.04. The maximum Gasteiger partial charge on any atom is 0.399 e. The summed E-state index contributed by atoms with van der Waals surface area (Å²) >= 11 is 0. The summed E-state index contributed by atoms with van der Waals surface area (Å²) in [6.07, 6.45) is 0. The molecule has 0 aromatic carbocycles. The van der Waals surface area contributed by atoms with Crippen molar-refractivity contribution in [3.8, 4) is 0 Å². The third-order valence-corrected chi connectivity index (χ3v) is 2.16. The predicted molar refractivity (Wildman–Crippen MR) is 38.2 cm³/mol. The summed E-state index contributed by atoms with van der Waals surface area (Å²) in [7, 11) is -10.3. The molecule has 0 saturated heterocycles. The lowest BCUT2D eigenvalue weighted by Gasteiger charge is -1.91. The van der Waals surface area contributed by atoms with Gasteiger partial charge in [-0.15, -0.1) is 0 Å². The highest BCUT2D eigenvalue weighted by atomic mass is 32.2. The molecule has 0 atom stereocenters. The molecule has 0 aromatic heterocycles. The van der Waals surface area contributed by atoms with E-state index in [0.29, 0.717) is 0 Å². The standard InChI is InChI=1S/C2H3NO8S2/c4-3(5)2(13(9,10)11)1-12(6,7)8/h1H,(H,6,7,8)(H,9,10,11). The number of hydrogen-bond acceptors (Lipinski definition) is 6. The van der Waals surface area contributed by atoms with Crippen molar-refractivity contribution in [1.82, 2.24) is 0 Å². The van der Waals surface area contributed by atoms with Gasteiger partial charge in [-0.05, 0) is 0 Å². The molecule has 11 heteroatoms. The Morgan fingerprint density at radius 2 is 1.62 bits per heavy atom. The van der Waals surface area contributed by atoms with E-state index < -0.39 is 35.6 Å². The van der Waals surface area contributed by atoms with Crippen LogP contribution in [0.5, 0.6) is 0 Å². The van der Waals surface area contributed by atoms with Gasteiger partial charge in [-0.3, -0.25) is 19.2 Å². The van der Waals surface area contributed by atoms with Crippen molar-refractivity contribution in [1.29, 1.82) is 0 Å². The summed E-state index contributed by atoms with van der Waals surface area (Å²) in [5, 5.41) is 7.25. The van der Waals surface area contributed by atoms with Crippen molar-refractivity contribution in [2.45, 2.75) is 0 Å². The molecule has 13 heavy (non-hydrogen) atoms. The van der Waals surface area contributed by atoms with Gasteiger partial charge in [0, 0.05) is 0 Å². The summed E-state index contributed by atoms with van der Waals surface area (Å²) in [6, 6.07) is 0. The fourth-order valence-corrected chi connectivity index (χ4v) is 1.71. The molecule has 0 aromatic rings. The largest absolute Gasteiger partial charge is 0.399 e. The Balaban J connectivity index is 5.60. The summed E-state index contributed by atoms with van der Waals surface area (Å²) in [6.45, 7) is 0. The molecule has 0 spiro atoms. The Kier molecular flexibility index (Phi) is 3.10. The van der Waals surface area contributed by atoms with Crippen molar-refractivity contribution in [2.24, 2.45) is 0 Å². The molecule has 0 aliphatic rings. The molecular formula is C2H3NO8S2. The first kappa shape index (κ1) is 12.0. The van der Waals surface area contributed by atoms with Crippen molar-refractivity contribution in [2.75, 3.05) is 0 Å². The molecule has 0 radical (unpaired) electrons. The molecule has 0 aliphatic heterocycles. The summed E-state index contributed by atoms with van der Waals surface area (Å²) in [4.78, 5) is 8.18. The van der Waals surface area contributed by atoms with E-state index in [1.165, 1.54) is 0 Å². The quantitative estimate of drug-likeness (QED) is 0.351. The van der Waals surface area contributed by atoms with E-state index in [9.17, 15) is 26.9 Å². The van der Waals surface area contributed by atoms with Gasteiger partial charge in [0.25, 0.3) is 10.1 Å². The molecule has 0 aliphatic carbocycles. The van der Waals surface area contributed by atoms with Crippen LogP contribution in [0.25, 0.3) is 0 Å². The highest BCUT2D eigenvalue weighted by Gasteiger charge is 2.29. The number of hydrogen-bond donors (Lipinski definition) is 2. The highest BCUT2D eigenvalue weighted by molar-refractivity contribution is 7.92. The minimum Gasteiger partial charge on any atom is -0.282 e. The molecule has 0 unspecified atom stereocenters. The van der Waals surface area contributed by atoms with Crippen LogP contribution in [0.3, 0.4) is 0 Å². The second kappa shape index (κ2) is 3.37. The SMILES string of the molecule is O=[N+]([O-])C(=CS(=O)(=O)O)S(=O)(=O)O. The molecular weight excluding hydrogens is 230 g/mol. The summed E-state index contributed by atoms with van der Waals surface area (Å²) in [5.74, 6) is 0. The zero-order valence-electron chi connectivity index (χ0n) is 5.68. The fraction of sp³-hybridized carbons (Fsp3) is 0. The van der Waals surface area contributed by atoms with Gasteiger partial charge in [0.2, 0.25) is 0 Å². The van der Waals surface area contributed by atoms with Crippen molar-refractivity contribution < 1.29 is 30.9 Å². The van der Waals surface area contributed by atoms with Crippen LogP contribution >= 0.6 is 0 Å². The van der Waals surface area contributed by atoms with Crippen molar-refractivity contribution >= 4 is 20.2 Å². The van der Waals surface area contributed by atoms with E-state index >= 15 is 0 Å².